The van der Waals surface area contributed by atoms with Gasteiger partial charge in [-0.3, -0.25) is 9.78 Å². The summed E-state index contributed by atoms with van der Waals surface area (Å²) in [5.74, 6) is 1.15. The maximum atomic E-state index is 11.2. The zero-order valence-corrected chi connectivity index (χ0v) is 14.2. The molecular weight excluding hydrogens is 318 g/mol. The third-order valence-electron chi connectivity index (χ3n) is 4.17. The largest absolute Gasteiger partial charge is 0.327 e. The highest BCUT2D eigenvalue weighted by Gasteiger charge is 2.23. The normalized spacial score (nSPS) is 13.0. The van der Waals surface area contributed by atoms with E-state index < -0.39 is 0 Å². The zero-order chi connectivity index (χ0) is 16.5. The number of aryl methyl sites for hydroxylation is 1. The number of benzene rings is 1. The zero-order valence-electron chi connectivity index (χ0n) is 13.4. The molecule has 0 amide bonds. The van der Waals surface area contributed by atoms with Crippen LogP contribution >= 0.6 is 11.8 Å². The summed E-state index contributed by atoms with van der Waals surface area (Å²) in [6, 6.07) is 12.1. The minimum Gasteiger partial charge on any atom is -0.327 e. The van der Waals surface area contributed by atoms with Crippen LogP contribution in [0.1, 0.15) is 19.2 Å². The molecular formula is C19H17N3OS. The Balaban J connectivity index is 1.80. The van der Waals surface area contributed by atoms with Crippen molar-refractivity contribution in [3.8, 4) is 22.5 Å². The van der Waals surface area contributed by atoms with Gasteiger partial charge >= 0.3 is 0 Å². The van der Waals surface area contributed by atoms with Crippen LogP contribution in [0.5, 0.6) is 0 Å². The lowest BCUT2D eigenvalue weighted by Gasteiger charge is -2.08. The Morgan fingerprint density at radius 3 is 2.54 bits per heavy atom. The van der Waals surface area contributed by atoms with E-state index >= 15 is 0 Å². The van der Waals surface area contributed by atoms with E-state index in [1.807, 2.05) is 48.8 Å². The smallest absolute Gasteiger partial charge is 0.190 e. The van der Waals surface area contributed by atoms with Gasteiger partial charge in [-0.1, -0.05) is 23.9 Å². The Hall–Kier alpha value is -2.40. The minimum absolute atomic E-state index is 0.0983. The number of hydrogen-bond donors (Lipinski definition) is 0. The van der Waals surface area contributed by atoms with Crippen LogP contribution in [0.3, 0.4) is 0 Å². The Kier molecular flexibility index (Phi) is 3.94. The molecule has 1 aliphatic heterocycles. The summed E-state index contributed by atoms with van der Waals surface area (Å²) in [7, 11) is 0. The molecule has 4 rings (SSSR count). The van der Waals surface area contributed by atoms with E-state index in [-0.39, 0.29) is 5.12 Å². The molecule has 3 heterocycles. The second-order valence-corrected chi connectivity index (χ2v) is 7.08. The van der Waals surface area contributed by atoms with Gasteiger partial charge in [0.15, 0.2) is 5.12 Å². The summed E-state index contributed by atoms with van der Waals surface area (Å²) >= 11 is 1.25. The second-order valence-electron chi connectivity index (χ2n) is 5.83. The fourth-order valence-corrected chi connectivity index (χ4v) is 3.78. The molecule has 0 saturated heterocycles. The molecule has 1 aromatic carbocycles. The quantitative estimate of drug-likeness (QED) is 0.673. The Bertz CT molecular complexity index is 885. The van der Waals surface area contributed by atoms with Gasteiger partial charge in [-0.15, -0.1) is 0 Å². The first-order valence-electron chi connectivity index (χ1n) is 8.01. The van der Waals surface area contributed by atoms with Crippen LogP contribution in [0.2, 0.25) is 0 Å². The molecule has 0 unspecified atom stereocenters. The van der Waals surface area contributed by atoms with Crippen LogP contribution in [0.15, 0.2) is 53.7 Å². The average molecular weight is 335 g/mol. The molecule has 24 heavy (non-hydrogen) atoms. The lowest BCUT2D eigenvalue weighted by atomic mass is 10.1. The Morgan fingerprint density at radius 2 is 1.83 bits per heavy atom. The number of aromatic nitrogens is 3. The van der Waals surface area contributed by atoms with Crippen LogP contribution in [0, 0.1) is 0 Å². The monoisotopic (exact) mass is 335 g/mol. The maximum absolute atomic E-state index is 11.2. The van der Waals surface area contributed by atoms with Gasteiger partial charge in [-0.25, -0.2) is 4.98 Å². The number of nitrogens with zero attached hydrogens (tertiary/aromatic N) is 3. The minimum atomic E-state index is 0.0983. The molecule has 4 nitrogen and oxygen atoms in total. The molecule has 0 N–H and O–H groups in total. The van der Waals surface area contributed by atoms with Gasteiger partial charge in [0, 0.05) is 48.3 Å². The van der Waals surface area contributed by atoms with E-state index in [1.54, 1.807) is 6.92 Å². The molecule has 1 aliphatic rings. The van der Waals surface area contributed by atoms with Crippen molar-refractivity contribution < 1.29 is 4.79 Å². The van der Waals surface area contributed by atoms with Crippen molar-refractivity contribution in [2.75, 3.05) is 0 Å². The van der Waals surface area contributed by atoms with Crippen LogP contribution in [-0.4, -0.2) is 19.7 Å². The van der Waals surface area contributed by atoms with Gasteiger partial charge in [-0.05, 0) is 30.7 Å². The van der Waals surface area contributed by atoms with Gasteiger partial charge < -0.3 is 4.57 Å². The second kappa shape index (κ2) is 6.24. The van der Waals surface area contributed by atoms with Crippen LogP contribution in [-0.2, 0) is 17.8 Å². The first-order valence-corrected chi connectivity index (χ1v) is 8.82. The SMILES string of the molecule is CC(=O)Sc1ccc(-c2nc3n(c2-c2ccncc2)CCC3)cc1. The van der Waals surface area contributed by atoms with Crippen LogP contribution in [0.4, 0.5) is 0 Å². The lowest BCUT2D eigenvalue weighted by Crippen LogP contribution is -1.96. The van der Waals surface area contributed by atoms with Crippen molar-refractivity contribution in [3.05, 3.63) is 54.6 Å². The van der Waals surface area contributed by atoms with Crippen molar-refractivity contribution in [2.24, 2.45) is 0 Å². The molecule has 5 heteroatoms. The number of hydrogen-bond acceptors (Lipinski definition) is 4. The third kappa shape index (κ3) is 2.76. The molecule has 0 spiro atoms. The molecule has 0 atom stereocenters. The molecule has 0 aliphatic carbocycles. The summed E-state index contributed by atoms with van der Waals surface area (Å²) in [6.45, 7) is 2.60. The van der Waals surface area contributed by atoms with Crippen molar-refractivity contribution in [3.63, 3.8) is 0 Å². The third-order valence-corrected chi connectivity index (χ3v) is 4.97. The highest BCUT2D eigenvalue weighted by Crippen LogP contribution is 2.36. The van der Waals surface area contributed by atoms with Gasteiger partial charge in [0.1, 0.15) is 5.82 Å². The summed E-state index contributed by atoms with van der Waals surface area (Å²) < 4.78 is 2.32. The molecule has 120 valence electrons. The predicted octanol–water partition coefficient (Wildman–Crippen LogP) is 4.20. The van der Waals surface area contributed by atoms with Crippen molar-refractivity contribution in [1.29, 1.82) is 0 Å². The van der Waals surface area contributed by atoms with E-state index in [0.29, 0.717) is 0 Å². The summed E-state index contributed by atoms with van der Waals surface area (Å²) in [4.78, 5) is 21.2. The van der Waals surface area contributed by atoms with E-state index in [4.69, 9.17) is 4.98 Å². The highest BCUT2D eigenvalue weighted by molar-refractivity contribution is 8.13. The molecule has 0 bridgehead atoms. The van der Waals surface area contributed by atoms with Crippen molar-refractivity contribution in [1.82, 2.24) is 14.5 Å². The summed E-state index contributed by atoms with van der Waals surface area (Å²) in [5.41, 5.74) is 4.39. The number of rotatable bonds is 3. The summed E-state index contributed by atoms with van der Waals surface area (Å²) in [6.07, 6.45) is 5.81. The Morgan fingerprint density at radius 1 is 1.08 bits per heavy atom. The number of pyridine rings is 1. The predicted molar refractivity (Wildman–Crippen MR) is 95.8 cm³/mol. The fraction of sp³-hybridized carbons (Fsp3) is 0.211. The molecule has 0 radical (unpaired) electrons. The topological polar surface area (TPSA) is 47.8 Å². The highest BCUT2D eigenvalue weighted by atomic mass is 32.2. The van der Waals surface area contributed by atoms with Crippen LogP contribution in [0.25, 0.3) is 22.5 Å². The number of thioether (sulfide) groups is 1. The number of carbonyl (C=O) groups excluding carboxylic acids is 1. The van der Waals surface area contributed by atoms with E-state index in [1.165, 1.54) is 11.8 Å². The maximum Gasteiger partial charge on any atom is 0.190 e. The molecule has 0 saturated carbocycles. The Labute approximate surface area is 145 Å². The van der Waals surface area contributed by atoms with Crippen molar-refractivity contribution >= 4 is 16.9 Å². The van der Waals surface area contributed by atoms with Gasteiger partial charge in [0.25, 0.3) is 0 Å². The first kappa shape index (κ1) is 15.1. The molecule has 3 aromatic rings. The van der Waals surface area contributed by atoms with Gasteiger partial charge in [0.2, 0.25) is 0 Å². The van der Waals surface area contributed by atoms with Crippen LogP contribution < -0.4 is 0 Å². The number of fused-ring (bicyclic) bond motifs is 1. The molecule has 2 aromatic heterocycles. The first-order chi connectivity index (χ1) is 11.7. The fourth-order valence-electron chi connectivity index (χ4n) is 3.18. The van der Waals surface area contributed by atoms with Gasteiger partial charge in [-0.2, -0.15) is 0 Å². The van der Waals surface area contributed by atoms with Crippen molar-refractivity contribution in [2.45, 2.75) is 31.2 Å². The van der Waals surface area contributed by atoms with E-state index in [0.717, 1.165) is 52.6 Å². The van der Waals surface area contributed by atoms with E-state index in [2.05, 4.69) is 9.55 Å². The number of imidazole rings is 1. The average Bonchev–Trinajstić information content (AvgIpc) is 3.16. The standard InChI is InChI=1S/C19H17N3OS/c1-13(23)24-16-6-4-14(5-7-16)18-19(15-8-10-20-11-9-15)22-12-2-3-17(22)21-18/h4-11H,2-3,12H2,1H3. The van der Waals surface area contributed by atoms with Gasteiger partial charge in [0.05, 0.1) is 11.4 Å². The molecule has 0 fully saturated rings. The summed E-state index contributed by atoms with van der Waals surface area (Å²) in [5, 5.41) is 0.0983. The lowest BCUT2D eigenvalue weighted by molar-refractivity contribution is -0.109. The van der Waals surface area contributed by atoms with E-state index in [9.17, 15) is 4.79 Å². The number of carbonyl (C=O) groups is 1.